The summed E-state index contributed by atoms with van der Waals surface area (Å²) in [7, 11) is 4.25. The van der Waals surface area contributed by atoms with Crippen molar-refractivity contribution in [3.8, 4) is 0 Å². The van der Waals surface area contributed by atoms with E-state index in [1.165, 1.54) is 103 Å². The molecule has 0 aliphatic carbocycles. The molecule has 0 aromatic carbocycles. The van der Waals surface area contributed by atoms with E-state index in [1.54, 1.807) is 0 Å². The third-order valence-corrected chi connectivity index (χ3v) is 4.61. The number of rotatable bonds is 18. The minimum atomic E-state index is 1.08. The van der Waals surface area contributed by atoms with Crippen molar-refractivity contribution in [1.82, 2.24) is 4.90 Å². The first-order chi connectivity index (χ1) is 11.3. The molecular weight excluding hydrogens is 278 g/mol. The van der Waals surface area contributed by atoms with Gasteiger partial charge in [-0.1, -0.05) is 109 Å². The monoisotopic (exact) mass is 323 g/mol. The van der Waals surface area contributed by atoms with Gasteiger partial charge < -0.3 is 4.90 Å². The molecule has 0 amide bonds. The summed E-state index contributed by atoms with van der Waals surface area (Å²) in [5.74, 6) is 0. The van der Waals surface area contributed by atoms with Crippen LogP contribution in [0.5, 0.6) is 0 Å². The molecule has 0 heterocycles. The number of nitrogens with zero attached hydrogens (tertiary/aromatic N) is 1. The van der Waals surface area contributed by atoms with Crippen molar-refractivity contribution in [2.45, 2.75) is 110 Å². The Bertz CT molecular complexity index is 232. The Balaban J connectivity index is 3.01. The lowest BCUT2D eigenvalue weighted by Gasteiger charge is -2.04. The molecule has 0 aromatic rings. The van der Waals surface area contributed by atoms with E-state index in [9.17, 15) is 0 Å². The molecule has 0 aliphatic rings. The maximum atomic E-state index is 2.35. The highest BCUT2D eigenvalue weighted by atomic mass is 15.0. The zero-order chi connectivity index (χ0) is 17.0. The topological polar surface area (TPSA) is 3.24 Å². The molecule has 138 valence electrons. The van der Waals surface area contributed by atoms with Crippen LogP contribution in [0.2, 0.25) is 0 Å². The summed E-state index contributed by atoms with van der Waals surface area (Å²) in [5, 5.41) is 0. The summed E-state index contributed by atoms with van der Waals surface area (Å²) in [4.78, 5) is 2.21. The Morgan fingerprint density at radius 1 is 0.522 bits per heavy atom. The Hall–Kier alpha value is -0.300. The summed E-state index contributed by atoms with van der Waals surface area (Å²) < 4.78 is 0. The van der Waals surface area contributed by atoms with E-state index in [4.69, 9.17) is 0 Å². The molecule has 0 atom stereocenters. The van der Waals surface area contributed by atoms with E-state index in [2.05, 4.69) is 38.1 Å². The van der Waals surface area contributed by atoms with E-state index >= 15 is 0 Å². The first-order valence-corrected chi connectivity index (χ1v) is 10.6. The summed E-state index contributed by atoms with van der Waals surface area (Å²) in [5.41, 5.74) is 0. The van der Waals surface area contributed by atoms with Crippen molar-refractivity contribution in [1.29, 1.82) is 0 Å². The van der Waals surface area contributed by atoms with Gasteiger partial charge in [0.25, 0.3) is 0 Å². The van der Waals surface area contributed by atoms with Gasteiger partial charge in [-0.25, -0.2) is 0 Å². The molecule has 0 saturated heterocycles. The van der Waals surface area contributed by atoms with E-state index in [1.807, 2.05) is 0 Å². The standard InChI is InChI=1S/C22H45N/c1-4-5-6-7-8-9-10-11-12-13-14-15-16-17-18-19-20-21-22-23(2)3/h20-21H,4-19,22H2,1-3H3/b21-20+. The number of likely N-dealkylation sites (N-methyl/N-ethyl adjacent to an activating group) is 1. The highest BCUT2D eigenvalue weighted by molar-refractivity contribution is 4.83. The van der Waals surface area contributed by atoms with Crippen molar-refractivity contribution >= 4 is 0 Å². The van der Waals surface area contributed by atoms with Gasteiger partial charge in [0.1, 0.15) is 0 Å². The van der Waals surface area contributed by atoms with Crippen LogP contribution in [0, 0.1) is 0 Å². The predicted molar refractivity (Wildman–Crippen MR) is 107 cm³/mol. The van der Waals surface area contributed by atoms with Gasteiger partial charge in [0.15, 0.2) is 0 Å². The fourth-order valence-electron chi connectivity index (χ4n) is 3.04. The predicted octanol–water partition coefficient (Wildman–Crippen LogP) is 7.37. The number of hydrogen-bond acceptors (Lipinski definition) is 1. The van der Waals surface area contributed by atoms with Crippen LogP contribution in [0.25, 0.3) is 0 Å². The van der Waals surface area contributed by atoms with Crippen LogP contribution < -0.4 is 0 Å². The van der Waals surface area contributed by atoms with Crippen LogP contribution in [0.15, 0.2) is 12.2 Å². The Morgan fingerprint density at radius 3 is 1.30 bits per heavy atom. The Labute approximate surface area is 147 Å². The molecule has 0 aromatic heterocycles. The summed E-state index contributed by atoms with van der Waals surface area (Å²) in [6.45, 7) is 3.38. The first kappa shape index (κ1) is 22.7. The lowest BCUT2D eigenvalue weighted by molar-refractivity contribution is 0.456. The molecule has 0 rings (SSSR count). The van der Waals surface area contributed by atoms with Gasteiger partial charge in [0, 0.05) is 6.54 Å². The van der Waals surface area contributed by atoms with Crippen LogP contribution in [0.4, 0.5) is 0 Å². The Kier molecular flexibility index (Phi) is 19.5. The van der Waals surface area contributed by atoms with Crippen LogP contribution in [0.3, 0.4) is 0 Å². The molecule has 1 nitrogen and oxygen atoms in total. The fourth-order valence-corrected chi connectivity index (χ4v) is 3.04. The molecule has 0 spiro atoms. The van der Waals surface area contributed by atoms with Crippen LogP contribution in [-0.2, 0) is 0 Å². The maximum Gasteiger partial charge on any atom is 0.0157 e. The fraction of sp³-hybridized carbons (Fsp3) is 0.909. The third kappa shape index (κ3) is 21.7. The second kappa shape index (κ2) is 19.7. The van der Waals surface area contributed by atoms with Crippen molar-refractivity contribution in [2.75, 3.05) is 20.6 Å². The van der Waals surface area contributed by atoms with Gasteiger partial charge in [-0.3, -0.25) is 0 Å². The zero-order valence-corrected chi connectivity index (χ0v) is 16.6. The van der Waals surface area contributed by atoms with Gasteiger partial charge in [0.05, 0.1) is 0 Å². The van der Waals surface area contributed by atoms with E-state index in [0.717, 1.165) is 6.54 Å². The minimum Gasteiger partial charge on any atom is -0.306 e. The third-order valence-electron chi connectivity index (χ3n) is 4.61. The summed E-state index contributed by atoms with van der Waals surface area (Å²) in [6.07, 6.45) is 27.7. The molecular formula is C22H45N. The Morgan fingerprint density at radius 2 is 0.913 bits per heavy atom. The van der Waals surface area contributed by atoms with Crippen molar-refractivity contribution in [3.05, 3.63) is 12.2 Å². The minimum absolute atomic E-state index is 1.08. The largest absolute Gasteiger partial charge is 0.306 e. The molecule has 0 fully saturated rings. The highest BCUT2D eigenvalue weighted by Crippen LogP contribution is 2.13. The normalized spacial score (nSPS) is 11.8. The van der Waals surface area contributed by atoms with Crippen molar-refractivity contribution < 1.29 is 0 Å². The average Bonchev–Trinajstić information content (AvgIpc) is 2.53. The van der Waals surface area contributed by atoms with Gasteiger partial charge in [-0.15, -0.1) is 0 Å². The molecule has 0 saturated carbocycles. The molecule has 0 bridgehead atoms. The van der Waals surface area contributed by atoms with E-state index < -0.39 is 0 Å². The lowest BCUT2D eigenvalue weighted by Crippen LogP contribution is -2.10. The highest BCUT2D eigenvalue weighted by Gasteiger charge is 1.94. The van der Waals surface area contributed by atoms with Crippen molar-refractivity contribution in [2.24, 2.45) is 0 Å². The van der Waals surface area contributed by atoms with E-state index in [0.29, 0.717) is 0 Å². The smallest absolute Gasteiger partial charge is 0.0157 e. The van der Waals surface area contributed by atoms with E-state index in [-0.39, 0.29) is 0 Å². The quantitative estimate of drug-likeness (QED) is 0.188. The van der Waals surface area contributed by atoms with Crippen LogP contribution >= 0.6 is 0 Å². The number of allylic oxidation sites excluding steroid dienone is 1. The maximum absolute atomic E-state index is 2.35. The van der Waals surface area contributed by atoms with Crippen molar-refractivity contribution in [3.63, 3.8) is 0 Å². The van der Waals surface area contributed by atoms with Gasteiger partial charge in [-0.05, 0) is 26.9 Å². The average molecular weight is 324 g/mol. The molecule has 0 aliphatic heterocycles. The second-order valence-electron chi connectivity index (χ2n) is 7.47. The number of unbranched alkanes of at least 4 members (excludes halogenated alkanes) is 15. The summed E-state index contributed by atoms with van der Waals surface area (Å²) >= 11 is 0. The number of hydrogen-bond donors (Lipinski definition) is 0. The molecule has 1 heteroatoms. The zero-order valence-electron chi connectivity index (χ0n) is 16.6. The lowest BCUT2D eigenvalue weighted by atomic mass is 10.0. The molecule has 0 radical (unpaired) electrons. The molecule has 0 unspecified atom stereocenters. The first-order valence-electron chi connectivity index (χ1n) is 10.6. The second-order valence-corrected chi connectivity index (χ2v) is 7.47. The van der Waals surface area contributed by atoms with Gasteiger partial charge >= 0.3 is 0 Å². The molecule has 0 N–H and O–H groups in total. The van der Waals surface area contributed by atoms with Crippen LogP contribution in [-0.4, -0.2) is 25.5 Å². The van der Waals surface area contributed by atoms with Gasteiger partial charge in [0.2, 0.25) is 0 Å². The summed E-state index contributed by atoms with van der Waals surface area (Å²) in [6, 6.07) is 0. The molecule has 23 heavy (non-hydrogen) atoms. The van der Waals surface area contributed by atoms with Gasteiger partial charge in [-0.2, -0.15) is 0 Å². The SMILES string of the molecule is CCCCCCCCCCCCCCCCC/C=C/CN(C)C. The van der Waals surface area contributed by atoms with Crippen LogP contribution in [0.1, 0.15) is 110 Å².